The topological polar surface area (TPSA) is 158 Å². The molecule has 1 aliphatic rings. The Morgan fingerprint density at radius 3 is 2.31 bits per heavy atom. The van der Waals surface area contributed by atoms with E-state index in [1.165, 1.54) is 4.90 Å². The second-order valence-electron chi connectivity index (χ2n) is 10.8. The molecule has 1 heterocycles. The Kier molecular flexibility index (Phi) is 11.1. The average molecular weight is 506 g/mol. The SMILES string of the molecule is C=CCCC(NC(=O)[C@@H]1CCCN1C(=O)[C@@H](NC(=O)OC(C)(C)C)C(C)(C)C)C(=O)C(=O)NCC#N. The molecule has 0 spiro atoms. The first kappa shape index (κ1) is 30.6. The summed E-state index contributed by atoms with van der Waals surface area (Å²) >= 11 is 0. The Hall–Kier alpha value is -3.42. The van der Waals surface area contributed by atoms with Gasteiger partial charge in [-0.25, -0.2) is 4.79 Å². The molecule has 11 heteroatoms. The fourth-order valence-electron chi connectivity index (χ4n) is 3.73. The van der Waals surface area contributed by atoms with Gasteiger partial charge in [-0.3, -0.25) is 19.2 Å². The van der Waals surface area contributed by atoms with Crippen LogP contribution in [-0.2, 0) is 23.9 Å². The molecule has 1 rings (SSSR count). The number of amides is 4. The fraction of sp³-hybridized carbons (Fsp3) is 0.680. The number of likely N-dealkylation sites (tertiary alicyclic amines) is 1. The van der Waals surface area contributed by atoms with Crippen molar-refractivity contribution < 1.29 is 28.7 Å². The molecule has 4 amide bonds. The molecule has 1 aliphatic heterocycles. The Morgan fingerprint density at radius 2 is 1.78 bits per heavy atom. The fourth-order valence-corrected chi connectivity index (χ4v) is 3.73. The zero-order chi connectivity index (χ0) is 27.7. The van der Waals surface area contributed by atoms with Crippen molar-refractivity contribution in [3.05, 3.63) is 12.7 Å². The van der Waals surface area contributed by atoms with Crippen LogP contribution in [0.3, 0.4) is 0 Å². The molecule has 0 aliphatic carbocycles. The number of ketones is 1. The van der Waals surface area contributed by atoms with E-state index < -0.39 is 58.7 Å². The third-order valence-electron chi connectivity index (χ3n) is 5.46. The molecule has 0 aromatic heterocycles. The number of hydrogen-bond donors (Lipinski definition) is 3. The Balaban J connectivity index is 3.06. The van der Waals surface area contributed by atoms with Crippen LogP contribution < -0.4 is 16.0 Å². The zero-order valence-corrected chi connectivity index (χ0v) is 22.1. The first-order valence-electron chi connectivity index (χ1n) is 12.0. The van der Waals surface area contributed by atoms with Crippen LogP contribution in [0.4, 0.5) is 4.79 Å². The van der Waals surface area contributed by atoms with Gasteiger partial charge in [0.2, 0.25) is 17.6 Å². The number of nitrogens with zero attached hydrogens (tertiary/aromatic N) is 2. The number of carbonyl (C=O) groups excluding carboxylic acids is 5. The van der Waals surface area contributed by atoms with Gasteiger partial charge in [0.25, 0.3) is 5.91 Å². The number of ether oxygens (including phenoxy) is 1. The maximum absolute atomic E-state index is 13.5. The smallest absolute Gasteiger partial charge is 0.408 e. The van der Waals surface area contributed by atoms with Crippen molar-refractivity contribution in [2.24, 2.45) is 5.41 Å². The molecule has 200 valence electrons. The Labute approximate surface area is 213 Å². The van der Waals surface area contributed by atoms with Crippen molar-refractivity contribution in [2.75, 3.05) is 13.1 Å². The molecular formula is C25H39N5O6. The van der Waals surface area contributed by atoms with E-state index in [-0.39, 0.29) is 13.0 Å². The van der Waals surface area contributed by atoms with E-state index in [9.17, 15) is 24.0 Å². The van der Waals surface area contributed by atoms with Crippen molar-refractivity contribution in [1.82, 2.24) is 20.9 Å². The number of alkyl carbamates (subject to hydrolysis) is 1. The van der Waals surface area contributed by atoms with Crippen LogP contribution in [0.2, 0.25) is 0 Å². The second-order valence-corrected chi connectivity index (χ2v) is 10.8. The van der Waals surface area contributed by atoms with Crippen molar-refractivity contribution in [1.29, 1.82) is 5.26 Å². The molecule has 0 aromatic rings. The minimum atomic E-state index is -1.13. The lowest BCUT2D eigenvalue weighted by molar-refractivity contribution is -0.144. The molecule has 1 saturated heterocycles. The maximum Gasteiger partial charge on any atom is 0.408 e. The first-order valence-corrected chi connectivity index (χ1v) is 12.0. The van der Waals surface area contributed by atoms with Gasteiger partial charge in [0.1, 0.15) is 24.2 Å². The van der Waals surface area contributed by atoms with Gasteiger partial charge in [0.15, 0.2) is 0 Å². The summed E-state index contributed by atoms with van der Waals surface area (Å²) in [5.74, 6) is -2.86. The van der Waals surface area contributed by atoms with Crippen LogP contribution in [0.25, 0.3) is 0 Å². The van der Waals surface area contributed by atoms with Gasteiger partial charge >= 0.3 is 6.09 Å². The molecule has 0 aromatic carbocycles. The molecule has 1 unspecified atom stereocenters. The van der Waals surface area contributed by atoms with Crippen LogP contribution in [0.5, 0.6) is 0 Å². The monoisotopic (exact) mass is 505 g/mol. The van der Waals surface area contributed by atoms with Gasteiger partial charge in [-0.15, -0.1) is 6.58 Å². The molecule has 3 N–H and O–H groups in total. The van der Waals surface area contributed by atoms with Crippen molar-refractivity contribution in [2.45, 2.75) is 91.0 Å². The van der Waals surface area contributed by atoms with Crippen LogP contribution in [0.15, 0.2) is 12.7 Å². The van der Waals surface area contributed by atoms with E-state index in [4.69, 9.17) is 10.00 Å². The zero-order valence-electron chi connectivity index (χ0n) is 22.1. The van der Waals surface area contributed by atoms with Crippen molar-refractivity contribution in [3.63, 3.8) is 0 Å². The standard InChI is InChI=1S/C25H39N5O6/c1-8-9-11-16(18(31)21(33)27-14-13-26)28-20(32)17-12-10-15-30(17)22(34)19(24(2,3)4)29-23(35)36-25(5,6)7/h8,16-17,19H,1,9-12,14-15H2,2-7H3,(H,27,33)(H,28,32)(H,29,35)/t16?,17-,19+/m0/s1. The minimum Gasteiger partial charge on any atom is -0.444 e. The van der Waals surface area contributed by atoms with Crippen LogP contribution in [0, 0.1) is 16.7 Å². The summed E-state index contributed by atoms with van der Waals surface area (Å²) in [5.41, 5.74) is -1.43. The average Bonchev–Trinajstić information content (AvgIpc) is 3.25. The van der Waals surface area contributed by atoms with Gasteiger partial charge in [-0.1, -0.05) is 26.8 Å². The van der Waals surface area contributed by atoms with Gasteiger partial charge in [0.05, 0.1) is 12.1 Å². The van der Waals surface area contributed by atoms with E-state index in [1.54, 1.807) is 53.7 Å². The molecule has 0 bridgehead atoms. The van der Waals surface area contributed by atoms with Gasteiger partial charge in [0, 0.05) is 6.54 Å². The number of carbonyl (C=O) groups is 5. The third kappa shape index (κ3) is 9.32. The molecule has 0 radical (unpaired) electrons. The van der Waals surface area contributed by atoms with Crippen molar-refractivity contribution >= 4 is 29.6 Å². The summed E-state index contributed by atoms with van der Waals surface area (Å²) in [4.78, 5) is 65.2. The van der Waals surface area contributed by atoms with Crippen LogP contribution in [-0.4, -0.2) is 71.3 Å². The minimum absolute atomic E-state index is 0.138. The van der Waals surface area contributed by atoms with E-state index in [1.807, 2.05) is 0 Å². The molecule has 11 nitrogen and oxygen atoms in total. The van der Waals surface area contributed by atoms with E-state index in [2.05, 4.69) is 22.5 Å². The summed E-state index contributed by atoms with van der Waals surface area (Å²) < 4.78 is 5.31. The Bertz CT molecular complexity index is 896. The van der Waals surface area contributed by atoms with Gasteiger partial charge in [-0.05, 0) is 51.9 Å². The number of Topliss-reactive ketones (excluding diaryl/α,β-unsaturated/α-hetero) is 1. The maximum atomic E-state index is 13.5. The predicted molar refractivity (Wildman–Crippen MR) is 132 cm³/mol. The van der Waals surface area contributed by atoms with Crippen LogP contribution >= 0.6 is 0 Å². The van der Waals surface area contributed by atoms with E-state index >= 15 is 0 Å². The normalized spacial score (nSPS) is 17.2. The molecule has 3 atom stereocenters. The largest absolute Gasteiger partial charge is 0.444 e. The number of hydrogen-bond acceptors (Lipinski definition) is 7. The lowest BCUT2D eigenvalue weighted by Crippen LogP contribution is -2.59. The summed E-state index contributed by atoms with van der Waals surface area (Å²) in [6.07, 6.45) is 2.24. The highest BCUT2D eigenvalue weighted by molar-refractivity contribution is 6.38. The number of nitriles is 1. The summed E-state index contributed by atoms with van der Waals surface area (Å²) in [6.45, 7) is 14.1. The predicted octanol–water partition coefficient (Wildman–Crippen LogP) is 1.58. The molecule has 36 heavy (non-hydrogen) atoms. The summed E-state index contributed by atoms with van der Waals surface area (Å²) in [6, 6.07) is -1.25. The number of nitrogens with one attached hydrogen (secondary N) is 3. The first-order chi connectivity index (χ1) is 16.6. The van der Waals surface area contributed by atoms with E-state index in [0.717, 1.165) is 0 Å². The highest BCUT2D eigenvalue weighted by Gasteiger charge is 2.43. The van der Waals surface area contributed by atoms with E-state index in [0.29, 0.717) is 25.8 Å². The van der Waals surface area contributed by atoms with Gasteiger partial charge in [-0.2, -0.15) is 5.26 Å². The highest BCUT2D eigenvalue weighted by Crippen LogP contribution is 2.26. The summed E-state index contributed by atoms with van der Waals surface area (Å²) in [5, 5.41) is 16.1. The molecule has 1 fully saturated rings. The molecule has 0 saturated carbocycles. The summed E-state index contributed by atoms with van der Waals surface area (Å²) in [7, 11) is 0. The number of allylic oxidation sites excluding steroid dienone is 1. The quantitative estimate of drug-likeness (QED) is 0.231. The Morgan fingerprint density at radius 1 is 1.14 bits per heavy atom. The highest BCUT2D eigenvalue weighted by atomic mass is 16.6. The van der Waals surface area contributed by atoms with Crippen LogP contribution in [0.1, 0.15) is 67.2 Å². The third-order valence-corrected chi connectivity index (χ3v) is 5.46. The number of rotatable bonds is 10. The van der Waals surface area contributed by atoms with Gasteiger partial charge < -0.3 is 25.6 Å². The second kappa shape index (κ2) is 13.0. The lowest BCUT2D eigenvalue weighted by Gasteiger charge is -2.36. The van der Waals surface area contributed by atoms with Crippen molar-refractivity contribution in [3.8, 4) is 6.07 Å². The molecular weight excluding hydrogens is 466 g/mol. The lowest BCUT2D eigenvalue weighted by atomic mass is 9.85.